The molecule has 112 valence electrons. The molecule has 21 heavy (non-hydrogen) atoms. The van der Waals surface area contributed by atoms with E-state index in [0.717, 1.165) is 31.4 Å². The maximum Gasteiger partial charge on any atom is 0.305 e. The van der Waals surface area contributed by atoms with E-state index in [2.05, 4.69) is 0 Å². The second kappa shape index (κ2) is 5.51. The van der Waals surface area contributed by atoms with Crippen molar-refractivity contribution in [3.8, 4) is 0 Å². The van der Waals surface area contributed by atoms with E-state index in [0.29, 0.717) is 6.42 Å². The summed E-state index contributed by atoms with van der Waals surface area (Å²) in [5.41, 5.74) is 1.21. The maximum absolute atomic E-state index is 12.6. The molecule has 1 aromatic rings. The zero-order valence-corrected chi connectivity index (χ0v) is 12.1. The van der Waals surface area contributed by atoms with Crippen LogP contribution in [-0.4, -0.2) is 34.5 Å². The fourth-order valence-electron chi connectivity index (χ4n) is 3.75. The third-order valence-corrected chi connectivity index (χ3v) is 4.96. The summed E-state index contributed by atoms with van der Waals surface area (Å²) >= 11 is 0. The fourth-order valence-corrected chi connectivity index (χ4v) is 3.75. The summed E-state index contributed by atoms with van der Waals surface area (Å²) in [5.74, 6) is -0.745. The van der Waals surface area contributed by atoms with E-state index in [4.69, 9.17) is 5.11 Å². The number of carbonyl (C=O) groups is 2. The van der Waals surface area contributed by atoms with E-state index in [9.17, 15) is 9.59 Å². The first-order valence-electron chi connectivity index (χ1n) is 7.63. The quantitative estimate of drug-likeness (QED) is 0.925. The van der Waals surface area contributed by atoms with Gasteiger partial charge in [0.1, 0.15) is 0 Å². The molecule has 1 aromatic carbocycles. The van der Waals surface area contributed by atoms with Crippen LogP contribution < -0.4 is 0 Å². The minimum absolute atomic E-state index is 0.0659. The monoisotopic (exact) mass is 287 g/mol. The van der Waals surface area contributed by atoms with Crippen molar-refractivity contribution >= 4 is 11.9 Å². The minimum atomic E-state index is -0.811. The van der Waals surface area contributed by atoms with Crippen molar-refractivity contribution in [3.05, 3.63) is 35.9 Å². The Hall–Kier alpha value is -1.84. The van der Waals surface area contributed by atoms with E-state index in [1.165, 1.54) is 6.42 Å². The molecule has 0 aromatic heterocycles. The van der Waals surface area contributed by atoms with Crippen LogP contribution in [0.5, 0.6) is 0 Å². The molecular weight excluding hydrogens is 266 g/mol. The zero-order valence-electron chi connectivity index (χ0n) is 12.1. The molecule has 0 radical (unpaired) electrons. The van der Waals surface area contributed by atoms with E-state index >= 15 is 0 Å². The molecule has 0 bridgehead atoms. The van der Waals surface area contributed by atoms with E-state index in [1.807, 2.05) is 35.2 Å². The molecule has 1 aliphatic heterocycles. The van der Waals surface area contributed by atoms with Crippen LogP contribution >= 0.6 is 0 Å². The summed E-state index contributed by atoms with van der Waals surface area (Å²) in [6.07, 6.45) is 4.78. The molecule has 1 unspecified atom stereocenters. The van der Waals surface area contributed by atoms with Gasteiger partial charge in [-0.05, 0) is 30.2 Å². The number of carbonyl (C=O) groups excluding carboxylic acids is 1. The smallest absolute Gasteiger partial charge is 0.305 e. The predicted molar refractivity (Wildman–Crippen MR) is 78.8 cm³/mol. The molecule has 1 N–H and O–H groups in total. The number of benzene rings is 1. The Kier molecular flexibility index (Phi) is 3.70. The van der Waals surface area contributed by atoms with Crippen LogP contribution in [0.1, 0.15) is 37.7 Å². The Morgan fingerprint density at radius 2 is 1.95 bits per heavy atom. The standard InChI is InChI=1S/C17H21NO3/c19-15(9-13-5-2-1-3-6-13)18-12-17(7-4-8-17)11-14(18)10-16(20)21/h1-3,5-6,14H,4,7-12H2,(H,20,21). The fraction of sp³-hybridized carbons (Fsp3) is 0.529. The summed E-state index contributed by atoms with van der Waals surface area (Å²) in [4.78, 5) is 25.5. The molecule has 1 atom stereocenters. The number of carboxylic acid groups (broad SMARTS) is 1. The lowest BCUT2D eigenvalue weighted by molar-refractivity contribution is -0.139. The predicted octanol–water partition coefficient (Wildman–Crippen LogP) is 2.48. The third-order valence-electron chi connectivity index (χ3n) is 4.96. The van der Waals surface area contributed by atoms with Crippen molar-refractivity contribution in [2.24, 2.45) is 5.41 Å². The van der Waals surface area contributed by atoms with Gasteiger partial charge >= 0.3 is 5.97 Å². The van der Waals surface area contributed by atoms with Gasteiger partial charge in [0.2, 0.25) is 5.91 Å². The number of hydrogen-bond donors (Lipinski definition) is 1. The topological polar surface area (TPSA) is 57.6 Å². The van der Waals surface area contributed by atoms with Crippen LogP contribution in [0.4, 0.5) is 0 Å². The number of rotatable bonds is 4. The Balaban J connectivity index is 1.71. The molecule has 4 heteroatoms. The van der Waals surface area contributed by atoms with Crippen molar-refractivity contribution in [2.75, 3.05) is 6.54 Å². The molecule has 3 rings (SSSR count). The summed E-state index contributed by atoms with van der Waals surface area (Å²) in [5, 5.41) is 9.09. The van der Waals surface area contributed by atoms with Crippen LogP contribution in [0, 0.1) is 5.41 Å². The molecule has 1 saturated heterocycles. The Bertz CT molecular complexity index is 536. The Morgan fingerprint density at radius 3 is 2.52 bits per heavy atom. The first kappa shape index (κ1) is 14.1. The lowest BCUT2D eigenvalue weighted by atomic mass is 9.67. The SMILES string of the molecule is O=C(O)CC1CC2(CCC2)CN1C(=O)Cc1ccccc1. The normalized spacial score (nSPS) is 23.0. The first-order valence-corrected chi connectivity index (χ1v) is 7.63. The number of amides is 1. The second-order valence-electron chi connectivity index (χ2n) is 6.49. The van der Waals surface area contributed by atoms with Crippen molar-refractivity contribution in [1.82, 2.24) is 4.90 Å². The molecular formula is C17H21NO3. The molecule has 1 saturated carbocycles. The van der Waals surface area contributed by atoms with Gasteiger partial charge in [-0.3, -0.25) is 9.59 Å². The van der Waals surface area contributed by atoms with E-state index < -0.39 is 5.97 Å². The van der Waals surface area contributed by atoms with Gasteiger partial charge in [-0.25, -0.2) is 0 Å². The molecule has 1 amide bonds. The van der Waals surface area contributed by atoms with Gasteiger partial charge < -0.3 is 10.0 Å². The van der Waals surface area contributed by atoms with Crippen molar-refractivity contribution in [1.29, 1.82) is 0 Å². The van der Waals surface area contributed by atoms with Crippen molar-refractivity contribution in [2.45, 2.75) is 44.6 Å². The van der Waals surface area contributed by atoms with Crippen LogP contribution in [-0.2, 0) is 16.0 Å². The highest BCUT2D eigenvalue weighted by molar-refractivity contribution is 5.80. The van der Waals surface area contributed by atoms with Gasteiger partial charge in [0.05, 0.1) is 12.8 Å². The highest BCUT2D eigenvalue weighted by atomic mass is 16.4. The highest BCUT2D eigenvalue weighted by Gasteiger charge is 2.49. The lowest BCUT2D eigenvalue weighted by Gasteiger charge is -2.37. The van der Waals surface area contributed by atoms with Gasteiger partial charge in [0.15, 0.2) is 0 Å². The third kappa shape index (κ3) is 2.94. The number of hydrogen-bond acceptors (Lipinski definition) is 2. The number of likely N-dealkylation sites (tertiary alicyclic amines) is 1. The highest BCUT2D eigenvalue weighted by Crippen LogP contribution is 2.50. The van der Waals surface area contributed by atoms with Crippen molar-refractivity contribution < 1.29 is 14.7 Å². The molecule has 2 aliphatic rings. The van der Waals surface area contributed by atoms with Crippen LogP contribution in [0.25, 0.3) is 0 Å². The average molecular weight is 287 g/mol. The van der Waals surface area contributed by atoms with Gasteiger partial charge in [-0.1, -0.05) is 36.8 Å². The lowest BCUT2D eigenvalue weighted by Crippen LogP contribution is -2.39. The number of nitrogens with zero attached hydrogens (tertiary/aromatic N) is 1. The number of aliphatic carboxylic acids is 1. The Labute approximate surface area is 124 Å². The van der Waals surface area contributed by atoms with E-state index in [-0.39, 0.29) is 23.8 Å². The molecule has 4 nitrogen and oxygen atoms in total. The number of carboxylic acids is 1. The second-order valence-corrected chi connectivity index (χ2v) is 6.49. The first-order chi connectivity index (χ1) is 10.1. The van der Waals surface area contributed by atoms with Crippen LogP contribution in [0.3, 0.4) is 0 Å². The summed E-state index contributed by atoms with van der Waals surface area (Å²) in [6, 6.07) is 9.54. The average Bonchev–Trinajstić information content (AvgIpc) is 2.79. The summed E-state index contributed by atoms with van der Waals surface area (Å²) in [7, 11) is 0. The van der Waals surface area contributed by atoms with E-state index in [1.54, 1.807) is 0 Å². The Morgan fingerprint density at radius 1 is 1.24 bits per heavy atom. The van der Waals surface area contributed by atoms with Gasteiger partial charge in [0.25, 0.3) is 0 Å². The van der Waals surface area contributed by atoms with Crippen molar-refractivity contribution in [3.63, 3.8) is 0 Å². The van der Waals surface area contributed by atoms with Gasteiger partial charge in [0, 0.05) is 12.6 Å². The largest absolute Gasteiger partial charge is 0.481 e. The van der Waals surface area contributed by atoms with Gasteiger partial charge in [-0.2, -0.15) is 0 Å². The zero-order chi connectivity index (χ0) is 14.9. The van der Waals surface area contributed by atoms with Gasteiger partial charge in [-0.15, -0.1) is 0 Å². The summed E-state index contributed by atoms with van der Waals surface area (Å²) < 4.78 is 0. The van der Waals surface area contributed by atoms with Crippen LogP contribution in [0.15, 0.2) is 30.3 Å². The molecule has 2 fully saturated rings. The molecule has 1 heterocycles. The summed E-state index contributed by atoms with van der Waals surface area (Å²) in [6.45, 7) is 0.747. The minimum Gasteiger partial charge on any atom is -0.481 e. The van der Waals surface area contributed by atoms with Crippen LogP contribution in [0.2, 0.25) is 0 Å². The molecule has 1 aliphatic carbocycles. The maximum atomic E-state index is 12.6. The molecule has 1 spiro atoms.